The third-order valence-corrected chi connectivity index (χ3v) is 7.41. The SMILES string of the molecule is O=C(OCc1ccc(Cl)cc1Cl)c1ccc2c(c1)C(=O)N(c1ccccc1C(=O)OCc1ccc(Cl)cc1Cl)C2=O. The minimum absolute atomic E-state index is 0.00781. The number of imide groups is 1. The van der Waals surface area contributed by atoms with Crippen LogP contribution in [0.4, 0.5) is 5.69 Å². The van der Waals surface area contributed by atoms with Crippen LogP contribution in [0.1, 0.15) is 52.6 Å². The Hall–Kier alpha value is -3.88. The van der Waals surface area contributed by atoms with Crippen LogP contribution in [-0.4, -0.2) is 23.8 Å². The average Bonchev–Trinajstić information content (AvgIpc) is 3.20. The lowest BCUT2D eigenvalue weighted by Gasteiger charge is -2.17. The third kappa shape index (κ3) is 5.94. The molecule has 0 aliphatic carbocycles. The van der Waals surface area contributed by atoms with Crippen molar-refractivity contribution < 1.29 is 28.7 Å². The molecule has 206 valence electrons. The zero-order chi connectivity index (χ0) is 29.3. The van der Waals surface area contributed by atoms with E-state index in [-0.39, 0.29) is 41.2 Å². The predicted molar refractivity (Wildman–Crippen MR) is 155 cm³/mol. The van der Waals surface area contributed by atoms with Gasteiger partial charge < -0.3 is 9.47 Å². The molecule has 0 radical (unpaired) electrons. The average molecular weight is 629 g/mol. The second kappa shape index (κ2) is 11.9. The van der Waals surface area contributed by atoms with Crippen molar-refractivity contribution >= 4 is 75.8 Å². The number of benzene rings is 4. The van der Waals surface area contributed by atoms with E-state index in [1.54, 1.807) is 36.4 Å². The number of para-hydroxylation sites is 1. The molecule has 41 heavy (non-hydrogen) atoms. The van der Waals surface area contributed by atoms with Crippen LogP contribution in [0, 0.1) is 0 Å². The van der Waals surface area contributed by atoms with E-state index in [0.29, 0.717) is 31.2 Å². The maximum absolute atomic E-state index is 13.4. The summed E-state index contributed by atoms with van der Waals surface area (Å²) in [5, 5.41) is 1.54. The number of anilines is 1. The highest BCUT2D eigenvalue weighted by atomic mass is 35.5. The molecule has 0 aromatic heterocycles. The Labute approximate surface area is 254 Å². The van der Waals surface area contributed by atoms with Gasteiger partial charge in [-0.25, -0.2) is 14.5 Å². The molecule has 0 spiro atoms. The van der Waals surface area contributed by atoms with Crippen molar-refractivity contribution in [2.24, 2.45) is 0 Å². The van der Waals surface area contributed by atoms with Crippen molar-refractivity contribution in [2.75, 3.05) is 4.90 Å². The summed E-state index contributed by atoms with van der Waals surface area (Å²) in [6.07, 6.45) is 0. The molecule has 0 atom stereocenters. The Morgan fingerprint density at radius 1 is 0.634 bits per heavy atom. The number of carbonyl (C=O) groups is 4. The monoisotopic (exact) mass is 627 g/mol. The molecule has 0 fully saturated rings. The molecule has 0 bridgehead atoms. The number of ether oxygens (including phenoxy) is 2. The molecule has 4 aromatic carbocycles. The lowest BCUT2D eigenvalue weighted by atomic mass is 10.1. The van der Waals surface area contributed by atoms with Gasteiger partial charge in [-0.1, -0.05) is 70.7 Å². The van der Waals surface area contributed by atoms with Crippen molar-refractivity contribution in [3.8, 4) is 0 Å². The number of hydrogen-bond donors (Lipinski definition) is 0. The largest absolute Gasteiger partial charge is 0.457 e. The van der Waals surface area contributed by atoms with Gasteiger partial charge in [0.15, 0.2) is 0 Å². The van der Waals surface area contributed by atoms with E-state index in [1.807, 2.05) is 0 Å². The second-order valence-electron chi connectivity index (χ2n) is 8.85. The first-order chi connectivity index (χ1) is 19.6. The molecule has 0 saturated carbocycles. The fourth-order valence-electron chi connectivity index (χ4n) is 4.15. The minimum atomic E-state index is -0.770. The van der Waals surface area contributed by atoms with Gasteiger partial charge in [0, 0.05) is 31.2 Å². The Bertz CT molecular complexity index is 1740. The number of hydrogen-bond acceptors (Lipinski definition) is 6. The zero-order valence-corrected chi connectivity index (χ0v) is 23.9. The predicted octanol–water partition coefficient (Wildman–Crippen LogP) is 7.81. The first-order valence-corrected chi connectivity index (χ1v) is 13.5. The van der Waals surface area contributed by atoms with E-state index in [2.05, 4.69) is 0 Å². The maximum atomic E-state index is 13.4. The molecule has 11 heteroatoms. The lowest BCUT2D eigenvalue weighted by molar-refractivity contribution is 0.0464. The zero-order valence-electron chi connectivity index (χ0n) is 20.8. The van der Waals surface area contributed by atoms with Crippen molar-refractivity contribution in [2.45, 2.75) is 13.2 Å². The molecule has 7 nitrogen and oxygen atoms in total. The quantitative estimate of drug-likeness (QED) is 0.153. The Balaban J connectivity index is 1.34. The van der Waals surface area contributed by atoms with Crippen LogP contribution in [0.2, 0.25) is 20.1 Å². The first kappa shape index (κ1) is 28.6. The van der Waals surface area contributed by atoms with Gasteiger partial charge in [-0.15, -0.1) is 0 Å². The number of amides is 2. The fourth-order valence-corrected chi connectivity index (χ4v) is 5.08. The van der Waals surface area contributed by atoms with Crippen LogP contribution in [0.25, 0.3) is 0 Å². The maximum Gasteiger partial charge on any atom is 0.340 e. The highest BCUT2D eigenvalue weighted by molar-refractivity contribution is 6.36. The summed E-state index contributed by atoms with van der Waals surface area (Å²) < 4.78 is 10.8. The van der Waals surface area contributed by atoms with Gasteiger partial charge in [-0.3, -0.25) is 9.59 Å². The molecule has 1 aliphatic rings. The van der Waals surface area contributed by atoms with E-state index < -0.39 is 23.8 Å². The van der Waals surface area contributed by atoms with Crippen molar-refractivity contribution in [1.29, 1.82) is 0 Å². The van der Waals surface area contributed by atoms with Gasteiger partial charge in [0.2, 0.25) is 0 Å². The first-order valence-electron chi connectivity index (χ1n) is 12.0. The summed E-state index contributed by atoms with van der Waals surface area (Å²) in [7, 11) is 0. The number of halogens is 4. The number of fused-ring (bicyclic) bond motifs is 1. The Kier molecular flexibility index (Phi) is 8.33. The topological polar surface area (TPSA) is 90.0 Å². The van der Waals surface area contributed by atoms with Crippen LogP contribution in [-0.2, 0) is 22.7 Å². The van der Waals surface area contributed by atoms with Crippen LogP contribution >= 0.6 is 46.4 Å². The third-order valence-electron chi connectivity index (χ3n) is 6.23. The van der Waals surface area contributed by atoms with E-state index in [9.17, 15) is 19.2 Å². The highest BCUT2D eigenvalue weighted by Gasteiger charge is 2.39. The summed E-state index contributed by atoms with van der Waals surface area (Å²) in [6, 6.07) is 19.6. The van der Waals surface area contributed by atoms with Crippen LogP contribution in [0.15, 0.2) is 78.9 Å². The van der Waals surface area contributed by atoms with Crippen molar-refractivity contribution in [3.05, 3.63) is 132 Å². The van der Waals surface area contributed by atoms with Crippen LogP contribution < -0.4 is 4.90 Å². The summed E-state index contributed by atoms with van der Waals surface area (Å²) in [5.74, 6) is -2.85. The van der Waals surface area contributed by atoms with E-state index in [0.717, 1.165) is 4.90 Å². The molecule has 0 saturated heterocycles. The molecule has 4 aromatic rings. The molecule has 0 unspecified atom stereocenters. The molecule has 1 aliphatic heterocycles. The highest BCUT2D eigenvalue weighted by Crippen LogP contribution is 2.32. The number of rotatable bonds is 7. The fraction of sp³-hybridized carbons (Fsp3) is 0.0667. The minimum Gasteiger partial charge on any atom is -0.457 e. The van der Waals surface area contributed by atoms with Crippen molar-refractivity contribution in [1.82, 2.24) is 0 Å². The van der Waals surface area contributed by atoms with Gasteiger partial charge in [0.05, 0.1) is 27.9 Å². The normalized spacial score (nSPS) is 12.3. The van der Waals surface area contributed by atoms with Gasteiger partial charge in [0.25, 0.3) is 11.8 Å². The number of nitrogens with zero attached hydrogens (tertiary/aromatic N) is 1. The molecule has 0 N–H and O–H groups in total. The van der Waals surface area contributed by atoms with Gasteiger partial charge >= 0.3 is 11.9 Å². The lowest BCUT2D eigenvalue weighted by Crippen LogP contribution is -2.31. The van der Waals surface area contributed by atoms with Gasteiger partial charge in [-0.05, 0) is 54.6 Å². The summed E-state index contributed by atoms with van der Waals surface area (Å²) in [5.41, 5.74) is 1.22. The molecule has 1 heterocycles. The second-order valence-corrected chi connectivity index (χ2v) is 10.5. The van der Waals surface area contributed by atoms with Crippen LogP contribution in [0.3, 0.4) is 0 Å². The smallest absolute Gasteiger partial charge is 0.340 e. The number of carbonyl (C=O) groups excluding carboxylic acids is 4. The van der Waals surface area contributed by atoms with Crippen LogP contribution in [0.5, 0.6) is 0 Å². The molecule has 2 amide bonds. The summed E-state index contributed by atoms with van der Waals surface area (Å²) in [6.45, 7) is -0.278. The van der Waals surface area contributed by atoms with E-state index >= 15 is 0 Å². The number of esters is 2. The molecular formula is C30H17Cl4NO6. The summed E-state index contributed by atoms with van der Waals surface area (Å²) >= 11 is 24.1. The van der Waals surface area contributed by atoms with Gasteiger partial charge in [0.1, 0.15) is 13.2 Å². The van der Waals surface area contributed by atoms with Gasteiger partial charge in [-0.2, -0.15) is 0 Å². The Morgan fingerprint density at radius 2 is 1.20 bits per heavy atom. The Morgan fingerprint density at radius 3 is 1.80 bits per heavy atom. The molecule has 5 rings (SSSR count). The summed E-state index contributed by atoms with van der Waals surface area (Å²) in [4.78, 5) is 53.3. The van der Waals surface area contributed by atoms with Crippen molar-refractivity contribution in [3.63, 3.8) is 0 Å². The molecular weight excluding hydrogens is 612 g/mol. The van der Waals surface area contributed by atoms with E-state index in [1.165, 1.54) is 42.5 Å². The van der Waals surface area contributed by atoms with E-state index in [4.69, 9.17) is 55.9 Å². The standard InChI is InChI=1S/C30H17Cl4NO6/c31-19-8-5-17(24(33)12-19)14-40-29(38)16-7-10-21-23(11-16)28(37)35(27(21)36)26-4-2-1-3-22(26)30(39)41-15-18-6-9-20(32)13-25(18)34/h1-13H,14-15H2.